The van der Waals surface area contributed by atoms with Crippen LogP contribution < -0.4 is 15.3 Å². The van der Waals surface area contributed by atoms with E-state index in [0.717, 1.165) is 19.1 Å². The summed E-state index contributed by atoms with van der Waals surface area (Å²) in [6, 6.07) is 37.2. The highest BCUT2D eigenvalue weighted by molar-refractivity contribution is 7.02. The minimum absolute atomic E-state index is 0.736. The summed E-state index contributed by atoms with van der Waals surface area (Å²) in [5.74, 6) is 0. The van der Waals surface area contributed by atoms with Gasteiger partial charge in [-0.15, -0.1) is 0 Å². The van der Waals surface area contributed by atoms with E-state index in [2.05, 4.69) is 101 Å². The fourth-order valence-corrected chi connectivity index (χ4v) is 10.9. The molecule has 2 nitrogen and oxygen atoms in total. The van der Waals surface area contributed by atoms with Gasteiger partial charge in [-0.05, 0) is 30.6 Å². The van der Waals surface area contributed by atoms with Crippen molar-refractivity contribution in [3.63, 3.8) is 0 Å². The molecular formula is C26H30N2Si. The fraction of sp³-hybridized carbons (Fsp3) is 0.308. The van der Waals surface area contributed by atoms with Gasteiger partial charge in [0.1, 0.15) is 8.07 Å². The number of nitrogens with zero attached hydrogens (tertiary/aromatic N) is 2. The largest absolute Gasteiger partial charge is 0.369 e. The van der Waals surface area contributed by atoms with Crippen molar-refractivity contribution in [1.82, 2.24) is 4.90 Å². The Labute approximate surface area is 175 Å². The molecule has 0 bridgehead atoms. The summed E-state index contributed by atoms with van der Waals surface area (Å²) in [6.07, 6.45) is 1.35. The Morgan fingerprint density at radius 2 is 1.14 bits per heavy atom. The molecule has 3 aromatic carbocycles. The standard InChI is InChI=1S/C26H30N2Si/c1-4-10-23(11-5-1)27-17-19-28(20-18-27)24-16-21-29(22-24,25-12-6-2-7-13-25)26-14-8-3-9-15-26/h1-15,24H,16-22H2. The number of hydrogen-bond acceptors (Lipinski definition) is 2. The molecular weight excluding hydrogens is 368 g/mol. The van der Waals surface area contributed by atoms with Gasteiger partial charge in [-0.3, -0.25) is 4.90 Å². The molecule has 1 unspecified atom stereocenters. The second kappa shape index (κ2) is 8.17. The van der Waals surface area contributed by atoms with Gasteiger partial charge >= 0.3 is 0 Å². The van der Waals surface area contributed by atoms with E-state index in [1.54, 1.807) is 10.4 Å². The zero-order valence-corrected chi connectivity index (χ0v) is 18.1. The van der Waals surface area contributed by atoms with Crippen molar-refractivity contribution in [3.8, 4) is 0 Å². The Hall–Kier alpha value is -2.36. The molecule has 29 heavy (non-hydrogen) atoms. The smallest absolute Gasteiger partial charge is 0.119 e. The molecule has 2 heterocycles. The van der Waals surface area contributed by atoms with Gasteiger partial charge in [0, 0.05) is 37.9 Å². The van der Waals surface area contributed by atoms with Gasteiger partial charge in [0.15, 0.2) is 0 Å². The van der Waals surface area contributed by atoms with Crippen LogP contribution in [0.1, 0.15) is 6.42 Å². The van der Waals surface area contributed by atoms with E-state index in [9.17, 15) is 0 Å². The number of benzene rings is 3. The van der Waals surface area contributed by atoms with Crippen LogP contribution in [0.3, 0.4) is 0 Å². The van der Waals surface area contributed by atoms with Gasteiger partial charge < -0.3 is 4.90 Å². The number of para-hydroxylation sites is 1. The third kappa shape index (κ3) is 3.65. The van der Waals surface area contributed by atoms with Gasteiger partial charge in [-0.2, -0.15) is 0 Å². The molecule has 2 fully saturated rings. The number of rotatable bonds is 4. The van der Waals surface area contributed by atoms with Crippen molar-refractivity contribution in [2.24, 2.45) is 0 Å². The first kappa shape index (κ1) is 18.7. The molecule has 0 saturated carbocycles. The van der Waals surface area contributed by atoms with Crippen molar-refractivity contribution in [2.45, 2.75) is 24.6 Å². The normalized spacial score (nSPS) is 21.9. The lowest BCUT2D eigenvalue weighted by atomic mass is 10.2. The maximum atomic E-state index is 2.79. The lowest BCUT2D eigenvalue weighted by Crippen LogP contribution is -2.57. The second-order valence-corrected chi connectivity index (χ2v) is 12.8. The summed E-state index contributed by atoms with van der Waals surface area (Å²) in [5, 5.41) is 3.24. The summed E-state index contributed by atoms with van der Waals surface area (Å²) < 4.78 is 0. The fourth-order valence-electron chi connectivity index (χ4n) is 5.52. The van der Waals surface area contributed by atoms with E-state index in [-0.39, 0.29) is 0 Å². The zero-order valence-electron chi connectivity index (χ0n) is 17.1. The highest BCUT2D eigenvalue weighted by Crippen LogP contribution is 2.34. The Kier molecular flexibility index (Phi) is 5.26. The second-order valence-electron chi connectivity index (χ2n) is 8.57. The molecule has 0 aliphatic carbocycles. The van der Waals surface area contributed by atoms with Crippen LogP contribution in [0.5, 0.6) is 0 Å². The van der Waals surface area contributed by atoms with E-state index in [1.807, 2.05) is 0 Å². The van der Waals surface area contributed by atoms with Crippen molar-refractivity contribution in [2.75, 3.05) is 31.1 Å². The topological polar surface area (TPSA) is 6.48 Å². The predicted molar refractivity (Wildman–Crippen MR) is 126 cm³/mol. The molecule has 3 heteroatoms. The third-order valence-corrected chi connectivity index (χ3v) is 12.3. The van der Waals surface area contributed by atoms with E-state index >= 15 is 0 Å². The highest BCUT2D eigenvalue weighted by atomic mass is 28.3. The van der Waals surface area contributed by atoms with Crippen LogP contribution in [0.4, 0.5) is 5.69 Å². The van der Waals surface area contributed by atoms with Crippen molar-refractivity contribution < 1.29 is 0 Å². The molecule has 148 valence electrons. The predicted octanol–water partition coefficient (Wildman–Crippen LogP) is 3.84. The average Bonchev–Trinajstić information content (AvgIpc) is 3.28. The molecule has 3 aromatic rings. The van der Waals surface area contributed by atoms with Gasteiger partial charge in [-0.25, -0.2) is 0 Å². The molecule has 0 aromatic heterocycles. The minimum Gasteiger partial charge on any atom is -0.369 e. The van der Waals surface area contributed by atoms with E-state index < -0.39 is 8.07 Å². The quantitative estimate of drug-likeness (QED) is 0.616. The van der Waals surface area contributed by atoms with E-state index in [1.165, 1.54) is 37.3 Å². The first-order valence-electron chi connectivity index (χ1n) is 11.0. The third-order valence-electron chi connectivity index (χ3n) is 7.09. The Balaban J connectivity index is 1.34. The van der Waals surface area contributed by atoms with Gasteiger partial charge in [0.25, 0.3) is 0 Å². The maximum absolute atomic E-state index is 2.79. The van der Waals surface area contributed by atoms with Crippen molar-refractivity contribution in [1.29, 1.82) is 0 Å². The van der Waals surface area contributed by atoms with Gasteiger partial charge in [0.05, 0.1) is 0 Å². The molecule has 1 atom stereocenters. The molecule has 2 aliphatic heterocycles. The Bertz CT molecular complexity index is 866. The Morgan fingerprint density at radius 3 is 1.69 bits per heavy atom. The van der Waals surface area contributed by atoms with Crippen LogP contribution in [0.25, 0.3) is 0 Å². The average molecular weight is 399 g/mol. The van der Waals surface area contributed by atoms with Crippen molar-refractivity contribution in [3.05, 3.63) is 91.0 Å². The molecule has 5 rings (SSSR count). The lowest BCUT2D eigenvalue weighted by molar-refractivity contribution is 0.198. The molecule has 0 spiro atoms. The van der Waals surface area contributed by atoms with Gasteiger partial charge in [0.2, 0.25) is 0 Å². The molecule has 2 saturated heterocycles. The summed E-state index contributed by atoms with van der Waals surface area (Å²) in [6.45, 7) is 4.67. The summed E-state index contributed by atoms with van der Waals surface area (Å²) >= 11 is 0. The van der Waals surface area contributed by atoms with Crippen LogP contribution in [0.2, 0.25) is 12.1 Å². The summed E-state index contributed by atoms with van der Waals surface area (Å²) in [5.41, 5.74) is 1.37. The zero-order chi connectivity index (χ0) is 19.5. The molecule has 2 aliphatic rings. The van der Waals surface area contributed by atoms with E-state index in [0.29, 0.717) is 0 Å². The summed E-state index contributed by atoms with van der Waals surface area (Å²) in [4.78, 5) is 5.34. The molecule has 0 amide bonds. The minimum atomic E-state index is -1.67. The molecule has 0 N–H and O–H groups in total. The Morgan fingerprint density at radius 1 is 0.621 bits per heavy atom. The summed E-state index contributed by atoms with van der Waals surface area (Å²) in [7, 11) is -1.67. The van der Waals surface area contributed by atoms with Crippen LogP contribution >= 0.6 is 0 Å². The SMILES string of the molecule is c1ccc(N2CCN(C3CC[Si](c4ccccc4)(c4ccccc4)C3)CC2)cc1. The first-order valence-corrected chi connectivity index (χ1v) is 13.4. The first-order chi connectivity index (χ1) is 14.4. The van der Waals surface area contributed by atoms with E-state index in [4.69, 9.17) is 0 Å². The molecule has 0 radical (unpaired) electrons. The highest BCUT2D eigenvalue weighted by Gasteiger charge is 2.46. The van der Waals surface area contributed by atoms with Crippen LogP contribution in [0.15, 0.2) is 91.0 Å². The van der Waals surface area contributed by atoms with Crippen LogP contribution in [-0.4, -0.2) is 45.2 Å². The van der Waals surface area contributed by atoms with Crippen LogP contribution in [0, 0.1) is 0 Å². The number of hydrogen-bond donors (Lipinski definition) is 0. The maximum Gasteiger partial charge on any atom is 0.119 e. The number of anilines is 1. The monoisotopic (exact) mass is 398 g/mol. The van der Waals surface area contributed by atoms with Crippen molar-refractivity contribution >= 4 is 24.1 Å². The van der Waals surface area contributed by atoms with Gasteiger partial charge in [-0.1, -0.05) is 89.2 Å². The van der Waals surface area contributed by atoms with Crippen LogP contribution in [-0.2, 0) is 0 Å². The number of piperazine rings is 1. The lowest BCUT2D eigenvalue weighted by Gasteiger charge is -2.40.